The molecule has 0 bridgehead atoms. The molecule has 1 aromatic rings. The molecular formula is C14H21BrN2O. The van der Waals surface area contributed by atoms with Gasteiger partial charge in [-0.15, -0.1) is 0 Å². The fraction of sp³-hybridized carbons (Fsp3) is 0.571. The predicted molar refractivity (Wildman–Crippen MR) is 79.0 cm³/mol. The van der Waals surface area contributed by atoms with Crippen LogP contribution >= 0.6 is 15.9 Å². The molecule has 0 spiro atoms. The topological polar surface area (TPSA) is 35.5 Å². The Morgan fingerprint density at radius 3 is 3.00 bits per heavy atom. The first-order valence-corrected chi connectivity index (χ1v) is 7.33. The van der Waals surface area contributed by atoms with Crippen molar-refractivity contribution in [2.45, 2.75) is 19.4 Å². The Labute approximate surface area is 117 Å². The number of aliphatic hydroxyl groups excluding tert-OH is 1. The summed E-state index contributed by atoms with van der Waals surface area (Å²) in [6, 6.07) is 8.81. The number of nitrogens with zero attached hydrogens (tertiary/aromatic N) is 1. The van der Waals surface area contributed by atoms with Gasteiger partial charge in [-0.05, 0) is 37.1 Å². The highest BCUT2D eigenvalue weighted by Gasteiger charge is 2.21. The molecule has 0 amide bonds. The lowest BCUT2D eigenvalue weighted by atomic mass is 10.1. The van der Waals surface area contributed by atoms with Crippen molar-refractivity contribution >= 4 is 21.6 Å². The Morgan fingerprint density at radius 2 is 2.28 bits per heavy atom. The van der Waals surface area contributed by atoms with Crippen LogP contribution in [0.2, 0.25) is 0 Å². The van der Waals surface area contributed by atoms with Gasteiger partial charge in [0.1, 0.15) is 0 Å². The van der Waals surface area contributed by atoms with Gasteiger partial charge in [0, 0.05) is 35.9 Å². The van der Waals surface area contributed by atoms with Crippen LogP contribution in [0, 0.1) is 5.92 Å². The summed E-state index contributed by atoms with van der Waals surface area (Å²) in [6.45, 7) is 5.56. The maximum Gasteiger partial charge on any atom is 0.0446 e. The van der Waals surface area contributed by atoms with Crippen molar-refractivity contribution in [2.24, 2.45) is 5.92 Å². The maximum atomic E-state index is 9.11. The summed E-state index contributed by atoms with van der Waals surface area (Å²) in [5, 5.41) is 12.6. The first kappa shape index (κ1) is 13.8. The second-order valence-electron chi connectivity index (χ2n) is 5.11. The first-order chi connectivity index (χ1) is 8.69. The second-order valence-corrected chi connectivity index (χ2v) is 6.02. The quantitative estimate of drug-likeness (QED) is 0.898. The fourth-order valence-corrected chi connectivity index (χ4v) is 2.83. The Kier molecular flexibility index (Phi) is 5.03. The number of hydrogen-bond acceptors (Lipinski definition) is 3. The number of nitrogens with one attached hydrogen (secondary N) is 1. The number of rotatable bonds is 3. The smallest absolute Gasteiger partial charge is 0.0446 e. The zero-order chi connectivity index (χ0) is 13.0. The van der Waals surface area contributed by atoms with E-state index in [0.29, 0.717) is 12.0 Å². The van der Waals surface area contributed by atoms with E-state index in [9.17, 15) is 0 Å². The molecule has 0 radical (unpaired) electrons. The molecule has 0 aromatic heterocycles. The summed E-state index contributed by atoms with van der Waals surface area (Å²) in [6.07, 6.45) is 0.817. The van der Waals surface area contributed by atoms with Gasteiger partial charge in [0.2, 0.25) is 0 Å². The highest BCUT2D eigenvalue weighted by atomic mass is 79.9. The van der Waals surface area contributed by atoms with E-state index in [4.69, 9.17) is 5.11 Å². The Morgan fingerprint density at radius 1 is 1.44 bits per heavy atom. The molecular weight excluding hydrogens is 292 g/mol. The van der Waals surface area contributed by atoms with E-state index in [1.165, 1.54) is 5.69 Å². The van der Waals surface area contributed by atoms with Gasteiger partial charge in [-0.25, -0.2) is 0 Å². The molecule has 1 heterocycles. The van der Waals surface area contributed by atoms with E-state index in [1.807, 2.05) is 6.07 Å². The molecule has 0 saturated carbocycles. The van der Waals surface area contributed by atoms with Crippen molar-refractivity contribution < 1.29 is 5.11 Å². The maximum absolute atomic E-state index is 9.11. The fourth-order valence-electron chi connectivity index (χ4n) is 2.45. The minimum Gasteiger partial charge on any atom is -0.396 e. The zero-order valence-corrected chi connectivity index (χ0v) is 12.4. The van der Waals surface area contributed by atoms with Gasteiger partial charge < -0.3 is 15.3 Å². The molecule has 2 N–H and O–H groups in total. The van der Waals surface area contributed by atoms with Crippen molar-refractivity contribution in [3.8, 4) is 0 Å². The molecule has 1 aliphatic heterocycles. The molecule has 18 heavy (non-hydrogen) atoms. The van der Waals surface area contributed by atoms with E-state index < -0.39 is 0 Å². The minimum atomic E-state index is 0.248. The van der Waals surface area contributed by atoms with Crippen molar-refractivity contribution in [1.29, 1.82) is 0 Å². The molecule has 0 aliphatic carbocycles. The number of aliphatic hydroxyl groups is 1. The van der Waals surface area contributed by atoms with Crippen LogP contribution in [0.25, 0.3) is 0 Å². The molecule has 2 unspecified atom stereocenters. The third kappa shape index (κ3) is 3.70. The summed E-state index contributed by atoms with van der Waals surface area (Å²) in [5.41, 5.74) is 1.25. The summed E-state index contributed by atoms with van der Waals surface area (Å²) in [5.74, 6) is 0.618. The Hall–Kier alpha value is -0.580. The summed E-state index contributed by atoms with van der Waals surface area (Å²) in [4.78, 5) is 2.41. The SMILES string of the molecule is CC1CNC(CCO)CN(c2cccc(Br)c2)C1. The number of hydrogen-bond donors (Lipinski definition) is 2. The van der Waals surface area contributed by atoms with Crippen LogP contribution in [0.15, 0.2) is 28.7 Å². The largest absolute Gasteiger partial charge is 0.396 e. The molecule has 2 atom stereocenters. The third-order valence-corrected chi connectivity index (χ3v) is 3.87. The average molecular weight is 313 g/mol. The molecule has 4 heteroatoms. The van der Waals surface area contributed by atoms with Crippen LogP contribution in [0.1, 0.15) is 13.3 Å². The van der Waals surface area contributed by atoms with E-state index in [2.05, 4.69) is 51.3 Å². The lowest BCUT2D eigenvalue weighted by Gasteiger charge is -2.27. The van der Waals surface area contributed by atoms with Crippen LogP contribution in [0.4, 0.5) is 5.69 Å². The minimum absolute atomic E-state index is 0.248. The zero-order valence-electron chi connectivity index (χ0n) is 10.8. The van der Waals surface area contributed by atoms with Crippen molar-refractivity contribution in [3.05, 3.63) is 28.7 Å². The average Bonchev–Trinajstić information content (AvgIpc) is 2.52. The highest BCUT2D eigenvalue weighted by Crippen LogP contribution is 2.22. The van der Waals surface area contributed by atoms with Crippen LogP contribution in [0.3, 0.4) is 0 Å². The van der Waals surface area contributed by atoms with Crippen molar-refractivity contribution in [1.82, 2.24) is 5.32 Å². The lowest BCUT2D eigenvalue weighted by molar-refractivity contribution is 0.266. The Bertz CT molecular complexity index is 386. The van der Waals surface area contributed by atoms with E-state index in [0.717, 1.165) is 30.5 Å². The summed E-state index contributed by atoms with van der Waals surface area (Å²) in [7, 11) is 0. The summed E-state index contributed by atoms with van der Waals surface area (Å²) >= 11 is 3.53. The monoisotopic (exact) mass is 312 g/mol. The third-order valence-electron chi connectivity index (χ3n) is 3.38. The van der Waals surface area contributed by atoms with E-state index in [-0.39, 0.29) is 6.61 Å². The normalized spacial score (nSPS) is 24.9. The predicted octanol–water partition coefficient (Wildman–Crippen LogP) is 2.25. The molecule has 2 rings (SSSR count). The van der Waals surface area contributed by atoms with Gasteiger partial charge in [0.25, 0.3) is 0 Å². The molecule has 1 fully saturated rings. The van der Waals surface area contributed by atoms with E-state index >= 15 is 0 Å². The number of halogens is 1. The van der Waals surface area contributed by atoms with Gasteiger partial charge in [0.05, 0.1) is 0 Å². The van der Waals surface area contributed by atoms with Crippen LogP contribution in [-0.4, -0.2) is 37.4 Å². The number of benzene rings is 1. The second kappa shape index (κ2) is 6.55. The van der Waals surface area contributed by atoms with Gasteiger partial charge in [-0.2, -0.15) is 0 Å². The highest BCUT2D eigenvalue weighted by molar-refractivity contribution is 9.10. The molecule has 3 nitrogen and oxygen atoms in total. The molecule has 1 aliphatic rings. The lowest BCUT2D eigenvalue weighted by Crippen LogP contribution is -2.38. The van der Waals surface area contributed by atoms with Crippen molar-refractivity contribution in [3.63, 3.8) is 0 Å². The molecule has 1 saturated heterocycles. The molecule has 100 valence electrons. The van der Waals surface area contributed by atoms with Gasteiger partial charge in [-0.3, -0.25) is 0 Å². The van der Waals surface area contributed by atoms with E-state index in [1.54, 1.807) is 0 Å². The standard InChI is InChI=1S/C14H21BrN2O/c1-11-8-16-13(5-6-18)10-17(9-11)14-4-2-3-12(15)7-14/h2-4,7,11,13,16,18H,5-6,8-10H2,1H3. The van der Waals surface area contributed by atoms with Crippen LogP contribution in [-0.2, 0) is 0 Å². The van der Waals surface area contributed by atoms with Crippen molar-refractivity contribution in [2.75, 3.05) is 31.1 Å². The van der Waals surface area contributed by atoms with Crippen LogP contribution in [0.5, 0.6) is 0 Å². The summed E-state index contributed by atoms with van der Waals surface area (Å²) < 4.78 is 1.11. The van der Waals surface area contributed by atoms with Gasteiger partial charge >= 0.3 is 0 Å². The first-order valence-electron chi connectivity index (χ1n) is 6.54. The molecule has 1 aromatic carbocycles. The Balaban J connectivity index is 2.13. The van der Waals surface area contributed by atoms with Crippen LogP contribution < -0.4 is 10.2 Å². The van der Waals surface area contributed by atoms with Gasteiger partial charge in [-0.1, -0.05) is 28.9 Å². The van der Waals surface area contributed by atoms with Gasteiger partial charge in [0.15, 0.2) is 0 Å². The number of anilines is 1.